The highest BCUT2D eigenvalue weighted by atomic mass is 35.5. The monoisotopic (exact) mass is 457 g/mol. The Hall–Kier alpha value is -3.81. The van der Waals surface area contributed by atoms with Crippen molar-refractivity contribution < 1.29 is 4.79 Å². The van der Waals surface area contributed by atoms with E-state index in [-0.39, 0.29) is 5.91 Å². The van der Waals surface area contributed by atoms with Crippen LogP contribution in [-0.4, -0.2) is 25.7 Å². The molecule has 1 amide bonds. The summed E-state index contributed by atoms with van der Waals surface area (Å²) < 4.78 is 1.71. The van der Waals surface area contributed by atoms with Gasteiger partial charge in [-0.05, 0) is 24.3 Å². The van der Waals surface area contributed by atoms with Crippen LogP contribution in [0.4, 0.5) is 5.13 Å². The molecule has 0 atom stereocenters. The quantitative estimate of drug-likeness (QED) is 0.353. The molecule has 0 saturated heterocycles. The molecule has 5 rings (SSSR count). The van der Waals surface area contributed by atoms with Crippen LogP contribution in [0, 0.1) is 0 Å². The lowest BCUT2D eigenvalue weighted by Gasteiger charge is -2.02. The molecule has 0 fully saturated rings. The van der Waals surface area contributed by atoms with Crippen LogP contribution >= 0.6 is 22.9 Å². The van der Waals surface area contributed by atoms with Crippen molar-refractivity contribution in [3.8, 4) is 28.3 Å². The van der Waals surface area contributed by atoms with E-state index < -0.39 is 0 Å². The number of hydrogen-bond donors (Lipinski definition) is 1. The van der Waals surface area contributed by atoms with Crippen LogP contribution in [0.3, 0.4) is 0 Å². The summed E-state index contributed by atoms with van der Waals surface area (Å²) in [6, 6.07) is 22.9. The van der Waals surface area contributed by atoms with Crippen molar-refractivity contribution in [2.75, 3.05) is 5.32 Å². The average Bonchev–Trinajstić information content (AvgIpc) is 3.48. The molecule has 3 heterocycles. The minimum absolute atomic E-state index is 0.281. The van der Waals surface area contributed by atoms with Gasteiger partial charge in [0.1, 0.15) is 11.4 Å². The molecule has 0 saturated carbocycles. The summed E-state index contributed by atoms with van der Waals surface area (Å²) in [4.78, 5) is 22.0. The average molecular weight is 458 g/mol. The molecule has 5 aromatic rings. The summed E-state index contributed by atoms with van der Waals surface area (Å²) in [6.07, 6.45) is 3.31. The van der Waals surface area contributed by atoms with E-state index in [9.17, 15) is 4.79 Å². The highest BCUT2D eigenvalue weighted by Crippen LogP contribution is 2.27. The van der Waals surface area contributed by atoms with E-state index >= 15 is 0 Å². The number of nitrogens with one attached hydrogen (secondary N) is 1. The molecule has 0 unspecified atom stereocenters. The third-order valence-corrected chi connectivity index (χ3v) is 5.72. The molecule has 0 radical (unpaired) electrons. The second kappa shape index (κ2) is 8.74. The van der Waals surface area contributed by atoms with E-state index in [0.717, 1.165) is 11.3 Å². The molecular formula is C24H16ClN5OS. The minimum Gasteiger partial charge on any atom is -0.298 e. The maximum Gasteiger partial charge on any atom is 0.261 e. The number of carbonyl (C=O) groups is 1. The first-order chi connectivity index (χ1) is 15.7. The number of benzene rings is 2. The number of aromatic nitrogens is 4. The number of thiazole rings is 1. The van der Waals surface area contributed by atoms with Gasteiger partial charge in [-0.3, -0.25) is 15.1 Å². The first kappa shape index (κ1) is 20.1. The van der Waals surface area contributed by atoms with E-state index in [1.807, 2.05) is 66.0 Å². The molecule has 0 aliphatic heterocycles. The van der Waals surface area contributed by atoms with Gasteiger partial charge in [-0.2, -0.15) is 5.10 Å². The standard InChI is InChI=1S/C24H16ClN5OS/c25-17-11-12-20(26-13-17)21-15-32-24(27-21)28-23(31)19-14-30(18-9-5-2-6-10-18)29-22(19)16-7-3-1-4-8-16/h1-15H,(H,27,28,31). The molecule has 1 N–H and O–H groups in total. The lowest BCUT2D eigenvalue weighted by atomic mass is 10.1. The Morgan fingerprint density at radius 3 is 2.41 bits per heavy atom. The molecule has 0 bridgehead atoms. The van der Waals surface area contributed by atoms with E-state index in [2.05, 4.69) is 15.3 Å². The SMILES string of the molecule is O=C(Nc1nc(-c2ccc(Cl)cn2)cs1)c1cn(-c2ccccc2)nc1-c1ccccc1. The Kier molecular flexibility index (Phi) is 5.49. The smallest absolute Gasteiger partial charge is 0.261 e. The van der Waals surface area contributed by atoms with Crippen molar-refractivity contribution in [2.45, 2.75) is 0 Å². The summed E-state index contributed by atoms with van der Waals surface area (Å²) in [7, 11) is 0. The molecular weight excluding hydrogens is 442 g/mol. The van der Waals surface area contributed by atoms with E-state index in [1.165, 1.54) is 11.3 Å². The summed E-state index contributed by atoms with van der Waals surface area (Å²) >= 11 is 7.24. The summed E-state index contributed by atoms with van der Waals surface area (Å²) in [5.74, 6) is -0.281. The van der Waals surface area contributed by atoms with E-state index in [0.29, 0.717) is 32.8 Å². The van der Waals surface area contributed by atoms with Crippen molar-refractivity contribution in [3.63, 3.8) is 0 Å². The largest absolute Gasteiger partial charge is 0.298 e. The zero-order valence-corrected chi connectivity index (χ0v) is 18.2. The van der Waals surface area contributed by atoms with Crippen LogP contribution in [0.2, 0.25) is 5.02 Å². The fourth-order valence-electron chi connectivity index (χ4n) is 3.20. The van der Waals surface area contributed by atoms with E-state index in [4.69, 9.17) is 16.7 Å². The van der Waals surface area contributed by atoms with Gasteiger partial charge < -0.3 is 0 Å². The second-order valence-electron chi connectivity index (χ2n) is 6.89. The lowest BCUT2D eigenvalue weighted by Crippen LogP contribution is -2.12. The Morgan fingerprint density at radius 2 is 1.69 bits per heavy atom. The van der Waals surface area contributed by atoms with Crippen LogP contribution in [0.5, 0.6) is 0 Å². The Labute approximate surface area is 193 Å². The number of para-hydroxylation sites is 1. The Balaban J connectivity index is 1.47. The summed E-state index contributed by atoms with van der Waals surface area (Å²) in [6.45, 7) is 0. The molecule has 3 aromatic heterocycles. The van der Waals surface area contributed by atoms with Gasteiger partial charge in [-0.25, -0.2) is 9.67 Å². The fraction of sp³-hybridized carbons (Fsp3) is 0. The predicted molar refractivity (Wildman–Crippen MR) is 127 cm³/mol. The molecule has 2 aromatic carbocycles. The number of anilines is 1. The van der Waals surface area contributed by atoms with Crippen molar-refractivity contribution in [2.24, 2.45) is 0 Å². The molecule has 0 aliphatic carbocycles. The number of halogens is 1. The molecule has 6 nitrogen and oxygen atoms in total. The predicted octanol–water partition coefficient (Wildman–Crippen LogP) is 5.96. The van der Waals surface area contributed by atoms with Crippen LogP contribution < -0.4 is 5.32 Å². The van der Waals surface area contributed by atoms with Gasteiger partial charge in [0.2, 0.25) is 0 Å². The highest BCUT2D eigenvalue weighted by Gasteiger charge is 2.20. The van der Waals surface area contributed by atoms with Gasteiger partial charge >= 0.3 is 0 Å². The number of rotatable bonds is 5. The van der Waals surface area contributed by atoms with Crippen LogP contribution in [-0.2, 0) is 0 Å². The van der Waals surface area contributed by atoms with Crippen LogP contribution in [0.1, 0.15) is 10.4 Å². The van der Waals surface area contributed by atoms with Crippen LogP contribution in [0.25, 0.3) is 28.3 Å². The lowest BCUT2D eigenvalue weighted by molar-refractivity contribution is 0.102. The number of carbonyl (C=O) groups excluding carboxylic acids is 1. The normalized spacial score (nSPS) is 10.8. The van der Waals surface area contributed by atoms with Crippen molar-refractivity contribution in [1.82, 2.24) is 19.7 Å². The fourth-order valence-corrected chi connectivity index (χ4v) is 4.01. The Bertz CT molecular complexity index is 1360. The maximum atomic E-state index is 13.2. The molecule has 0 spiro atoms. The maximum absolute atomic E-state index is 13.2. The third kappa shape index (κ3) is 4.16. The first-order valence-corrected chi connectivity index (χ1v) is 11.0. The minimum atomic E-state index is -0.281. The van der Waals surface area contributed by atoms with Crippen molar-refractivity contribution in [3.05, 3.63) is 101 Å². The Morgan fingerprint density at radius 1 is 0.938 bits per heavy atom. The van der Waals surface area contributed by atoms with Gasteiger partial charge in [0, 0.05) is 23.3 Å². The molecule has 8 heteroatoms. The molecule has 0 aliphatic rings. The number of pyridine rings is 1. The summed E-state index contributed by atoms with van der Waals surface area (Å²) in [5.41, 5.74) is 4.15. The van der Waals surface area contributed by atoms with Gasteiger partial charge in [-0.1, -0.05) is 60.1 Å². The zero-order chi connectivity index (χ0) is 21.9. The first-order valence-electron chi connectivity index (χ1n) is 9.77. The molecule has 32 heavy (non-hydrogen) atoms. The van der Waals surface area contributed by atoms with Gasteiger partial charge in [0.25, 0.3) is 5.91 Å². The number of hydrogen-bond acceptors (Lipinski definition) is 5. The van der Waals surface area contributed by atoms with Crippen molar-refractivity contribution in [1.29, 1.82) is 0 Å². The highest BCUT2D eigenvalue weighted by molar-refractivity contribution is 7.14. The van der Waals surface area contributed by atoms with Crippen molar-refractivity contribution >= 4 is 34.0 Å². The summed E-state index contributed by atoms with van der Waals surface area (Å²) in [5, 5.41) is 10.5. The van der Waals surface area contributed by atoms with Gasteiger partial charge in [0.05, 0.1) is 22.0 Å². The van der Waals surface area contributed by atoms with Gasteiger partial charge in [-0.15, -0.1) is 11.3 Å². The zero-order valence-electron chi connectivity index (χ0n) is 16.6. The van der Waals surface area contributed by atoms with Crippen LogP contribution in [0.15, 0.2) is 90.6 Å². The third-order valence-electron chi connectivity index (χ3n) is 4.74. The number of nitrogens with zero attached hydrogens (tertiary/aromatic N) is 4. The number of amides is 1. The topological polar surface area (TPSA) is 72.7 Å². The van der Waals surface area contributed by atoms with Gasteiger partial charge in [0.15, 0.2) is 5.13 Å². The molecule has 156 valence electrons. The second-order valence-corrected chi connectivity index (χ2v) is 8.19. The van der Waals surface area contributed by atoms with E-state index in [1.54, 1.807) is 29.2 Å².